The Balaban J connectivity index is 1.68. The Hall–Kier alpha value is -2.32. The maximum Gasteiger partial charge on any atom is 0.270 e. The van der Waals surface area contributed by atoms with Crippen molar-refractivity contribution in [2.45, 2.75) is 38.8 Å². The van der Waals surface area contributed by atoms with Gasteiger partial charge in [-0.25, -0.2) is 9.37 Å². The first kappa shape index (κ1) is 20.4. The van der Waals surface area contributed by atoms with Crippen LogP contribution in [0.15, 0.2) is 29.6 Å². The lowest BCUT2D eigenvalue weighted by Crippen LogP contribution is -2.39. The molecule has 2 amide bonds. The van der Waals surface area contributed by atoms with E-state index in [1.165, 1.54) is 35.6 Å². The Morgan fingerprint density at radius 1 is 1.18 bits per heavy atom. The first-order chi connectivity index (χ1) is 13.4. The van der Waals surface area contributed by atoms with Crippen molar-refractivity contribution in [2.24, 2.45) is 5.92 Å². The van der Waals surface area contributed by atoms with Crippen molar-refractivity contribution in [2.75, 3.05) is 13.2 Å². The molecule has 1 aromatic heterocycles. The van der Waals surface area contributed by atoms with E-state index < -0.39 is 5.82 Å². The van der Waals surface area contributed by atoms with E-state index in [0.717, 1.165) is 12.8 Å². The third-order valence-corrected chi connectivity index (χ3v) is 5.56. The molecule has 8 heteroatoms. The molecule has 0 unspecified atom stereocenters. The lowest BCUT2D eigenvalue weighted by Gasteiger charge is -2.22. The fraction of sp³-hybridized carbons (Fsp3) is 0.450. The van der Waals surface area contributed by atoms with E-state index in [1.54, 1.807) is 5.38 Å². The van der Waals surface area contributed by atoms with Crippen LogP contribution >= 0.6 is 11.3 Å². The Bertz CT molecular complexity index is 816. The van der Waals surface area contributed by atoms with Crippen LogP contribution in [0.2, 0.25) is 0 Å². The van der Waals surface area contributed by atoms with Gasteiger partial charge in [-0.15, -0.1) is 11.3 Å². The molecule has 1 aliphatic rings. The Morgan fingerprint density at radius 2 is 1.86 bits per heavy atom. The lowest BCUT2D eigenvalue weighted by molar-refractivity contribution is 0.0694. The molecule has 3 rings (SSSR count). The molecule has 0 radical (unpaired) electrons. The van der Waals surface area contributed by atoms with Crippen molar-refractivity contribution in [1.82, 2.24) is 15.6 Å². The van der Waals surface area contributed by atoms with Gasteiger partial charge in [-0.05, 0) is 43.0 Å². The van der Waals surface area contributed by atoms with Crippen LogP contribution in [0.25, 0.3) is 0 Å². The van der Waals surface area contributed by atoms with Crippen LogP contribution in [0.1, 0.15) is 58.6 Å². The van der Waals surface area contributed by atoms with Crippen molar-refractivity contribution < 1.29 is 18.7 Å². The zero-order valence-electron chi connectivity index (χ0n) is 15.9. The van der Waals surface area contributed by atoms with Gasteiger partial charge in [0.2, 0.25) is 0 Å². The summed E-state index contributed by atoms with van der Waals surface area (Å²) in [6, 6.07) is 5.15. The number of ether oxygens (including phenoxy) is 1. The Kier molecular flexibility index (Phi) is 6.74. The van der Waals surface area contributed by atoms with Gasteiger partial charge in [0.05, 0.1) is 6.04 Å². The van der Waals surface area contributed by atoms with Gasteiger partial charge >= 0.3 is 0 Å². The fourth-order valence-corrected chi connectivity index (χ4v) is 4.00. The second-order valence-corrected chi connectivity index (χ2v) is 8.02. The van der Waals surface area contributed by atoms with Crippen LogP contribution in [-0.2, 0) is 4.74 Å². The molecule has 150 valence electrons. The highest BCUT2D eigenvalue weighted by molar-refractivity contribution is 7.09. The van der Waals surface area contributed by atoms with Gasteiger partial charge in [-0.2, -0.15) is 0 Å². The normalized spacial score (nSPS) is 16.0. The monoisotopic (exact) mass is 405 g/mol. The van der Waals surface area contributed by atoms with Crippen LogP contribution in [0.3, 0.4) is 0 Å². The summed E-state index contributed by atoms with van der Waals surface area (Å²) in [6.07, 6.45) is 1.59. The van der Waals surface area contributed by atoms with Crippen LogP contribution in [0.5, 0.6) is 0 Å². The Morgan fingerprint density at radius 3 is 2.50 bits per heavy atom. The summed E-state index contributed by atoms with van der Waals surface area (Å²) in [5.74, 6) is -0.831. The van der Waals surface area contributed by atoms with E-state index in [4.69, 9.17) is 4.74 Å². The van der Waals surface area contributed by atoms with Gasteiger partial charge in [0, 0.05) is 30.2 Å². The van der Waals surface area contributed by atoms with Crippen molar-refractivity contribution in [1.29, 1.82) is 0 Å². The van der Waals surface area contributed by atoms with E-state index in [0.29, 0.717) is 29.5 Å². The average molecular weight is 405 g/mol. The zero-order chi connectivity index (χ0) is 20.1. The van der Waals surface area contributed by atoms with Crippen molar-refractivity contribution in [3.63, 3.8) is 0 Å². The van der Waals surface area contributed by atoms with Crippen molar-refractivity contribution in [3.05, 3.63) is 51.7 Å². The highest BCUT2D eigenvalue weighted by atomic mass is 32.1. The smallest absolute Gasteiger partial charge is 0.270 e. The van der Waals surface area contributed by atoms with Gasteiger partial charge in [0.25, 0.3) is 11.8 Å². The topological polar surface area (TPSA) is 80.3 Å². The summed E-state index contributed by atoms with van der Waals surface area (Å²) >= 11 is 1.34. The quantitative estimate of drug-likeness (QED) is 0.773. The van der Waals surface area contributed by atoms with Crippen LogP contribution < -0.4 is 10.6 Å². The van der Waals surface area contributed by atoms with Crippen LogP contribution in [0.4, 0.5) is 4.39 Å². The molecule has 1 aliphatic heterocycles. The van der Waals surface area contributed by atoms with Crippen LogP contribution in [-0.4, -0.2) is 36.1 Å². The van der Waals surface area contributed by atoms with Crippen molar-refractivity contribution >= 4 is 23.2 Å². The Labute approximate surface area is 167 Å². The number of carbonyl (C=O) groups excluding carboxylic acids is 2. The van der Waals surface area contributed by atoms with E-state index in [9.17, 15) is 14.0 Å². The number of aromatic nitrogens is 1. The number of carbonyl (C=O) groups is 2. The molecule has 1 aromatic carbocycles. The van der Waals surface area contributed by atoms with Crippen LogP contribution in [0, 0.1) is 11.7 Å². The molecule has 1 fully saturated rings. The van der Waals surface area contributed by atoms with E-state index in [-0.39, 0.29) is 29.8 Å². The molecule has 1 saturated heterocycles. The number of hydrogen-bond donors (Lipinski definition) is 2. The molecule has 28 heavy (non-hydrogen) atoms. The number of rotatable bonds is 6. The number of thiazole rings is 1. The maximum atomic E-state index is 13.1. The van der Waals surface area contributed by atoms with Crippen molar-refractivity contribution in [3.8, 4) is 0 Å². The minimum absolute atomic E-state index is 0.0713. The summed E-state index contributed by atoms with van der Waals surface area (Å²) in [5.41, 5.74) is 0.731. The average Bonchev–Trinajstić information content (AvgIpc) is 3.17. The maximum absolute atomic E-state index is 13.1. The fourth-order valence-electron chi connectivity index (χ4n) is 2.98. The number of nitrogens with zero attached hydrogens (tertiary/aromatic N) is 1. The van der Waals surface area contributed by atoms with Gasteiger partial charge in [-0.1, -0.05) is 13.8 Å². The predicted molar refractivity (Wildman–Crippen MR) is 105 cm³/mol. The first-order valence-electron chi connectivity index (χ1n) is 9.34. The zero-order valence-corrected chi connectivity index (χ0v) is 16.7. The van der Waals surface area contributed by atoms with Gasteiger partial charge < -0.3 is 15.4 Å². The number of halogens is 1. The summed E-state index contributed by atoms with van der Waals surface area (Å²) in [5, 5.41) is 8.31. The summed E-state index contributed by atoms with van der Waals surface area (Å²) in [4.78, 5) is 29.4. The molecule has 0 bridgehead atoms. The highest BCUT2D eigenvalue weighted by Gasteiger charge is 2.25. The standard InChI is InChI=1S/C20H24FN3O3S/c1-12(2)17(24-18(25)13-3-5-14(21)6-4-13)20-23-16(11-28-20)19(26)22-15-7-9-27-10-8-15/h3-6,11-12,15,17H,7-10H2,1-2H3,(H,22,26)(H,24,25)/t17-/m0/s1. The summed E-state index contributed by atoms with van der Waals surface area (Å²) in [6.45, 7) is 5.24. The molecule has 2 N–H and O–H groups in total. The molecule has 0 saturated carbocycles. The largest absolute Gasteiger partial charge is 0.381 e. The van der Waals surface area contributed by atoms with Gasteiger partial charge in [0.1, 0.15) is 16.5 Å². The molecular formula is C20H24FN3O3S. The third-order valence-electron chi connectivity index (χ3n) is 4.64. The predicted octanol–water partition coefficient (Wildman–Crippen LogP) is 3.32. The summed E-state index contributed by atoms with van der Waals surface area (Å²) < 4.78 is 18.4. The minimum atomic E-state index is -0.392. The highest BCUT2D eigenvalue weighted by Crippen LogP contribution is 2.26. The van der Waals surface area contributed by atoms with Gasteiger partial charge in [0.15, 0.2) is 0 Å². The van der Waals surface area contributed by atoms with E-state index >= 15 is 0 Å². The lowest BCUT2D eigenvalue weighted by atomic mass is 10.0. The molecule has 2 aromatic rings. The third kappa shape index (κ3) is 5.14. The summed E-state index contributed by atoms with van der Waals surface area (Å²) in [7, 11) is 0. The minimum Gasteiger partial charge on any atom is -0.381 e. The number of amides is 2. The SMILES string of the molecule is CC(C)[C@H](NC(=O)c1ccc(F)cc1)c1nc(C(=O)NC2CCOCC2)cs1. The van der Waals surface area contributed by atoms with E-state index in [1.807, 2.05) is 13.8 Å². The van der Waals surface area contributed by atoms with E-state index in [2.05, 4.69) is 15.6 Å². The molecule has 0 aliphatic carbocycles. The second kappa shape index (κ2) is 9.25. The number of benzene rings is 1. The van der Waals surface area contributed by atoms with Gasteiger partial charge in [-0.3, -0.25) is 9.59 Å². The first-order valence-corrected chi connectivity index (χ1v) is 10.2. The molecule has 6 nitrogen and oxygen atoms in total. The molecule has 1 atom stereocenters. The number of nitrogens with one attached hydrogen (secondary N) is 2. The second-order valence-electron chi connectivity index (χ2n) is 7.13. The molecule has 0 spiro atoms. The molecule has 2 heterocycles. The number of hydrogen-bond acceptors (Lipinski definition) is 5. The molecular weight excluding hydrogens is 381 g/mol.